The lowest BCUT2D eigenvalue weighted by molar-refractivity contribution is -0.157. The Bertz CT molecular complexity index is 420. The van der Waals surface area contributed by atoms with Crippen LogP contribution in [0.3, 0.4) is 0 Å². The van der Waals surface area contributed by atoms with E-state index in [4.69, 9.17) is 11.6 Å². The number of hydrogen-bond donors (Lipinski definition) is 0. The molecule has 0 N–H and O–H groups in total. The Labute approximate surface area is 138 Å². The molecule has 4 bridgehead atoms. The third kappa shape index (κ3) is 2.60. The standard InChI is InChI=1S/C16H25ClN2O.ClH/c1-18-2-4-19(5-3-18)14(20)15-7-12-6-13(8-15)10-16(17,9-12)11-15;/h12-13H,2-11H2,1H3;1H. The topological polar surface area (TPSA) is 23.6 Å². The van der Waals surface area contributed by atoms with Gasteiger partial charge in [0.15, 0.2) is 0 Å². The first-order valence-corrected chi connectivity index (χ1v) is 8.53. The van der Waals surface area contributed by atoms with Gasteiger partial charge in [0.05, 0.1) is 5.41 Å². The lowest BCUT2D eigenvalue weighted by Crippen LogP contribution is -2.61. The molecule has 3 nitrogen and oxygen atoms in total. The zero-order valence-corrected chi connectivity index (χ0v) is 14.4. The van der Waals surface area contributed by atoms with Crippen LogP contribution < -0.4 is 0 Å². The summed E-state index contributed by atoms with van der Waals surface area (Å²) in [5.74, 6) is 1.86. The van der Waals surface area contributed by atoms with Gasteiger partial charge in [0.1, 0.15) is 0 Å². The molecule has 5 rings (SSSR count). The minimum absolute atomic E-state index is 0. The molecule has 0 aromatic carbocycles. The maximum atomic E-state index is 13.1. The molecule has 0 aromatic rings. The molecule has 21 heavy (non-hydrogen) atoms. The van der Waals surface area contributed by atoms with Crippen molar-refractivity contribution in [3.05, 3.63) is 0 Å². The highest BCUT2D eigenvalue weighted by atomic mass is 35.5. The molecule has 1 saturated heterocycles. The van der Waals surface area contributed by atoms with E-state index in [9.17, 15) is 4.79 Å². The van der Waals surface area contributed by atoms with Crippen molar-refractivity contribution in [2.24, 2.45) is 17.3 Å². The van der Waals surface area contributed by atoms with Crippen molar-refractivity contribution in [2.45, 2.75) is 43.4 Å². The van der Waals surface area contributed by atoms with Crippen molar-refractivity contribution in [1.29, 1.82) is 0 Å². The number of nitrogens with zero attached hydrogens (tertiary/aromatic N) is 2. The molecule has 0 radical (unpaired) electrons. The molecule has 1 heterocycles. The summed E-state index contributed by atoms with van der Waals surface area (Å²) in [6.07, 6.45) is 6.81. The van der Waals surface area contributed by atoms with Gasteiger partial charge in [0, 0.05) is 31.1 Å². The number of carbonyl (C=O) groups is 1. The molecule has 4 saturated carbocycles. The molecule has 1 amide bonds. The van der Waals surface area contributed by atoms with Crippen molar-refractivity contribution in [3.8, 4) is 0 Å². The van der Waals surface area contributed by atoms with E-state index in [0.717, 1.165) is 58.3 Å². The summed E-state index contributed by atoms with van der Waals surface area (Å²) in [4.78, 5) is 17.5. The quantitative estimate of drug-likeness (QED) is 0.689. The first-order valence-electron chi connectivity index (χ1n) is 8.15. The minimum Gasteiger partial charge on any atom is -0.340 e. The first-order chi connectivity index (χ1) is 9.48. The highest BCUT2D eigenvalue weighted by Gasteiger charge is 2.60. The number of halogens is 2. The van der Waals surface area contributed by atoms with Gasteiger partial charge in [-0.05, 0) is 57.4 Å². The molecular weight excluding hydrogens is 307 g/mol. The molecular formula is C16H26Cl2N2O. The van der Waals surface area contributed by atoms with Crippen LogP contribution in [0.25, 0.3) is 0 Å². The number of hydrogen-bond acceptors (Lipinski definition) is 2. The Morgan fingerprint density at radius 2 is 1.62 bits per heavy atom. The highest BCUT2D eigenvalue weighted by molar-refractivity contribution is 6.24. The Morgan fingerprint density at radius 1 is 1.05 bits per heavy atom. The van der Waals surface area contributed by atoms with Gasteiger partial charge in [-0.2, -0.15) is 0 Å². The monoisotopic (exact) mass is 332 g/mol. The van der Waals surface area contributed by atoms with Gasteiger partial charge in [0.25, 0.3) is 0 Å². The van der Waals surface area contributed by atoms with Crippen molar-refractivity contribution in [3.63, 3.8) is 0 Å². The van der Waals surface area contributed by atoms with Crippen LogP contribution in [-0.4, -0.2) is 53.8 Å². The molecule has 0 spiro atoms. The maximum Gasteiger partial charge on any atom is 0.228 e. The number of alkyl halides is 1. The third-order valence-electron chi connectivity index (χ3n) is 6.23. The van der Waals surface area contributed by atoms with Crippen molar-refractivity contribution in [1.82, 2.24) is 9.80 Å². The van der Waals surface area contributed by atoms with E-state index in [1.165, 1.54) is 6.42 Å². The van der Waals surface area contributed by atoms with E-state index >= 15 is 0 Å². The van der Waals surface area contributed by atoms with E-state index in [2.05, 4.69) is 16.8 Å². The fraction of sp³-hybridized carbons (Fsp3) is 0.938. The summed E-state index contributed by atoms with van der Waals surface area (Å²) in [7, 11) is 2.14. The predicted octanol–water partition coefficient (Wildman–Crippen LogP) is 2.76. The number of rotatable bonds is 1. The van der Waals surface area contributed by atoms with Gasteiger partial charge in [-0.25, -0.2) is 0 Å². The third-order valence-corrected chi connectivity index (χ3v) is 6.68. The number of amides is 1. The van der Waals surface area contributed by atoms with E-state index in [1.807, 2.05) is 0 Å². The molecule has 1 aliphatic heterocycles. The molecule has 2 unspecified atom stereocenters. The summed E-state index contributed by atoms with van der Waals surface area (Å²) < 4.78 is 0. The summed E-state index contributed by atoms with van der Waals surface area (Å²) in [6, 6.07) is 0. The van der Waals surface area contributed by atoms with E-state index < -0.39 is 0 Å². The second-order valence-electron chi connectivity index (χ2n) is 7.99. The fourth-order valence-electron chi connectivity index (χ4n) is 5.75. The number of likely N-dealkylation sites (N-methyl/N-ethyl adjacent to an activating group) is 1. The Morgan fingerprint density at radius 3 is 2.14 bits per heavy atom. The predicted molar refractivity (Wildman–Crippen MR) is 87.0 cm³/mol. The van der Waals surface area contributed by atoms with Crippen LogP contribution in [0, 0.1) is 17.3 Å². The van der Waals surface area contributed by atoms with Crippen molar-refractivity contribution < 1.29 is 4.79 Å². The summed E-state index contributed by atoms with van der Waals surface area (Å²) in [6.45, 7) is 3.84. The molecule has 4 aliphatic carbocycles. The minimum atomic E-state index is -0.0955. The highest BCUT2D eigenvalue weighted by Crippen LogP contribution is 2.64. The average molecular weight is 333 g/mol. The van der Waals surface area contributed by atoms with Gasteiger partial charge in [0.2, 0.25) is 5.91 Å². The summed E-state index contributed by atoms with van der Waals surface area (Å²) in [5, 5.41) is 0. The van der Waals surface area contributed by atoms with Gasteiger partial charge in [-0.3, -0.25) is 4.79 Å². The average Bonchev–Trinajstić information content (AvgIpc) is 2.36. The lowest BCUT2D eigenvalue weighted by Gasteiger charge is -2.60. The fourth-order valence-corrected chi connectivity index (χ4v) is 6.44. The number of carbonyl (C=O) groups excluding carboxylic acids is 1. The van der Waals surface area contributed by atoms with E-state index in [0.29, 0.717) is 17.7 Å². The molecule has 5 aliphatic rings. The molecule has 5 heteroatoms. The van der Waals surface area contributed by atoms with Crippen LogP contribution in [0.2, 0.25) is 0 Å². The summed E-state index contributed by atoms with van der Waals surface area (Å²) in [5.41, 5.74) is -0.0955. The van der Waals surface area contributed by atoms with Crippen LogP contribution in [0.15, 0.2) is 0 Å². The van der Waals surface area contributed by atoms with Crippen LogP contribution in [0.1, 0.15) is 38.5 Å². The SMILES string of the molecule is CN1CCN(C(=O)C23CC4CC(CC(Cl)(C4)C2)C3)CC1.Cl. The van der Waals surface area contributed by atoms with E-state index in [1.54, 1.807) is 0 Å². The van der Waals surface area contributed by atoms with Crippen molar-refractivity contribution in [2.75, 3.05) is 33.2 Å². The largest absolute Gasteiger partial charge is 0.340 e. The molecule has 120 valence electrons. The maximum absolute atomic E-state index is 13.1. The van der Waals surface area contributed by atoms with Gasteiger partial charge < -0.3 is 9.80 Å². The first kappa shape index (κ1) is 15.9. The summed E-state index contributed by atoms with van der Waals surface area (Å²) >= 11 is 6.85. The van der Waals surface area contributed by atoms with Crippen LogP contribution in [0.5, 0.6) is 0 Å². The zero-order chi connectivity index (χ0) is 14.0. The Kier molecular flexibility index (Phi) is 3.99. The van der Waals surface area contributed by atoms with Crippen LogP contribution in [0.4, 0.5) is 0 Å². The Hall–Kier alpha value is 0.01000. The van der Waals surface area contributed by atoms with Crippen LogP contribution >= 0.6 is 24.0 Å². The normalized spacial score (nSPS) is 45.5. The van der Waals surface area contributed by atoms with Gasteiger partial charge in [-0.15, -0.1) is 24.0 Å². The molecule has 2 atom stereocenters. The smallest absolute Gasteiger partial charge is 0.228 e. The van der Waals surface area contributed by atoms with E-state index in [-0.39, 0.29) is 22.7 Å². The van der Waals surface area contributed by atoms with Crippen molar-refractivity contribution >= 4 is 29.9 Å². The zero-order valence-electron chi connectivity index (χ0n) is 12.8. The second kappa shape index (κ2) is 5.28. The second-order valence-corrected chi connectivity index (χ2v) is 8.79. The van der Waals surface area contributed by atoms with Gasteiger partial charge >= 0.3 is 0 Å². The van der Waals surface area contributed by atoms with Crippen LogP contribution in [-0.2, 0) is 4.79 Å². The van der Waals surface area contributed by atoms with Gasteiger partial charge in [-0.1, -0.05) is 0 Å². The molecule has 0 aromatic heterocycles. The number of piperazine rings is 1. The molecule has 5 fully saturated rings. The Balaban J connectivity index is 0.00000132. The lowest BCUT2D eigenvalue weighted by atomic mass is 9.49.